The smallest absolute Gasteiger partial charge is 0.143 e. The summed E-state index contributed by atoms with van der Waals surface area (Å²) in [7, 11) is 0. The first-order valence-corrected chi connectivity index (χ1v) is 28.7. The predicted molar refractivity (Wildman–Crippen MR) is 341 cm³/mol. The largest absolute Gasteiger partial charge is 0.455 e. The van der Waals surface area contributed by atoms with E-state index < -0.39 is 0 Å². The molecule has 0 spiro atoms. The molecule has 2 heterocycles. The zero-order valence-electron chi connectivity index (χ0n) is 46.9. The lowest BCUT2D eigenvalue weighted by molar-refractivity contribution is 0.669. The minimum atomic E-state index is 0.234. The number of benzene rings is 12. The summed E-state index contributed by atoms with van der Waals surface area (Å²) in [5.41, 5.74) is 22.7. The van der Waals surface area contributed by atoms with Gasteiger partial charge < -0.3 is 18.6 Å². The lowest BCUT2D eigenvalue weighted by atomic mass is 9.83. The third-order valence-electron chi connectivity index (χ3n) is 17.1. The van der Waals surface area contributed by atoms with E-state index in [1.807, 2.05) is 6.07 Å². The summed E-state index contributed by atoms with van der Waals surface area (Å²) in [5, 5.41) is 12.2. The number of aryl methyl sites for hydroxylation is 4. The molecule has 14 rings (SSSR count). The Morgan fingerprint density at radius 3 is 1.23 bits per heavy atom. The molecule has 0 radical (unpaired) electrons. The molecule has 0 aliphatic carbocycles. The van der Waals surface area contributed by atoms with Gasteiger partial charge in [-0.15, -0.1) is 0 Å². The van der Waals surface area contributed by atoms with Crippen LogP contribution in [0.5, 0.6) is 0 Å². The molecule has 0 unspecified atom stereocenters. The monoisotopic (exact) mass is 1040 g/mol. The summed E-state index contributed by atoms with van der Waals surface area (Å²) in [4.78, 5) is 5.17. The van der Waals surface area contributed by atoms with Gasteiger partial charge in [0.05, 0.1) is 22.7 Å². The Kier molecular flexibility index (Phi) is 11.9. The molecule has 2 aromatic heterocycles. The van der Waals surface area contributed by atoms with E-state index in [-0.39, 0.29) is 11.8 Å². The van der Waals surface area contributed by atoms with E-state index in [0.717, 1.165) is 96.0 Å². The number of hydrogen-bond donors (Lipinski definition) is 0. The average Bonchev–Trinajstić information content (AvgIpc) is 4.19. The number of rotatable bonds is 12. The highest BCUT2D eigenvalue weighted by atomic mass is 16.3. The van der Waals surface area contributed by atoms with Crippen molar-refractivity contribution >= 4 is 110 Å². The van der Waals surface area contributed by atoms with Crippen LogP contribution < -0.4 is 9.80 Å². The molecule has 0 saturated carbocycles. The van der Waals surface area contributed by atoms with Crippen molar-refractivity contribution in [2.45, 2.75) is 80.1 Å². The number of anilines is 6. The maximum absolute atomic E-state index is 6.70. The predicted octanol–water partition coefficient (Wildman–Crippen LogP) is 22.6. The van der Waals surface area contributed by atoms with Crippen LogP contribution in [0.25, 0.3) is 98.4 Å². The number of fused-ring (bicyclic) bond motifs is 6. The summed E-state index contributed by atoms with van der Waals surface area (Å²) in [6.07, 6.45) is 1.79. The van der Waals surface area contributed by atoms with E-state index in [0.29, 0.717) is 0 Å². The molecule has 0 saturated heterocycles. The van der Waals surface area contributed by atoms with Gasteiger partial charge in [0.2, 0.25) is 0 Å². The van der Waals surface area contributed by atoms with Gasteiger partial charge in [-0.05, 0) is 153 Å². The summed E-state index contributed by atoms with van der Waals surface area (Å²) in [5.74, 6) is 0.469. The third kappa shape index (κ3) is 7.71. The van der Waals surface area contributed by atoms with Crippen LogP contribution in [-0.2, 0) is 12.8 Å². The van der Waals surface area contributed by atoms with Crippen molar-refractivity contribution in [1.29, 1.82) is 0 Å². The van der Waals surface area contributed by atoms with Crippen molar-refractivity contribution in [3.05, 3.63) is 240 Å². The zero-order valence-corrected chi connectivity index (χ0v) is 46.9. The molecule has 80 heavy (non-hydrogen) atoms. The van der Waals surface area contributed by atoms with E-state index >= 15 is 0 Å². The van der Waals surface area contributed by atoms with Crippen LogP contribution >= 0.6 is 0 Å². The molecule has 0 bridgehead atoms. The van der Waals surface area contributed by atoms with Crippen LogP contribution in [0.1, 0.15) is 86.8 Å². The number of furan rings is 2. The maximum Gasteiger partial charge on any atom is 0.143 e. The molecule has 0 aliphatic heterocycles. The fourth-order valence-corrected chi connectivity index (χ4v) is 13.3. The van der Waals surface area contributed by atoms with Gasteiger partial charge in [-0.1, -0.05) is 199 Å². The van der Waals surface area contributed by atoms with Crippen LogP contribution in [0, 0.1) is 13.8 Å². The van der Waals surface area contributed by atoms with E-state index in [9.17, 15) is 0 Å². The van der Waals surface area contributed by atoms with Crippen molar-refractivity contribution in [2.75, 3.05) is 9.80 Å². The molecule has 0 fully saturated rings. The van der Waals surface area contributed by atoms with Gasteiger partial charge in [-0.3, -0.25) is 0 Å². The van der Waals surface area contributed by atoms with Crippen LogP contribution in [0.15, 0.2) is 215 Å². The fourth-order valence-electron chi connectivity index (χ4n) is 13.3. The SMILES string of the molecule is CCc1cccc(CC)c1N(c1cccc(-c2cccc3c2oc2ccccc23)c1)c1cc(C(C)C)c2ccc3c(N(c4cccc(-c5cccc6c5oc5ccccc56)c4)c4c(C)cccc4C)cc(C(C)C)c4ccc1c2c43. The average molecular weight is 1040 g/mol. The second-order valence-corrected chi connectivity index (χ2v) is 22.6. The molecule has 390 valence electrons. The Morgan fingerprint density at radius 1 is 0.362 bits per heavy atom. The fraction of sp³-hybridized carbons (Fsp3) is 0.158. The van der Waals surface area contributed by atoms with E-state index in [1.54, 1.807) is 0 Å². The topological polar surface area (TPSA) is 32.8 Å². The molecule has 4 heteroatoms. The highest BCUT2D eigenvalue weighted by Gasteiger charge is 2.29. The van der Waals surface area contributed by atoms with Gasteiger partial charge in [0.25, 0.3) is 0 Å². The van der Waals surface area contributed by atoms with Crippen LogP contribution in [0.4, 0.5) is 34.1 Å². The lowest BCUT2D eigenvalue weighted by Gasteiger charge is -2.34. The van der Waals surface area contributed by atoms with Gasteiger partial charge in [0.1, 0.15) is 22.3 Å². The highest BCUT2D eigenvalue weighted by molar-refractivity contribution is 6.29. The van der Waals surface area contributed by atoms with Gasteiger partial charge in [0.15, 0.2) is 0 Å². The second kappa shape index (κ2) is 19.4. The normalized spacial score (nSPS) is 12.1. The van der Waals surface area contributed by atoms with E-state index in [2.05, 4.69) is 265 Å². The summed E-state index contributed by atoms with van der Waals surface area (Å²) in [6, 6.07) is 76.5. The molecule has 0 atom stereocenters. The van der Waals surface area contributed by atoms with Crippen molar-refractivity contribution in [2.24, 2.45) is 0 Å². The standard InChI is InChI=1S/C76H64N2O2/c1-9-49-23-16-24-50(10-2)74(49)78(54-28-18-26-52(42-54)56-32-20-34-62-58-30-12-14-36-70(58)80-76(56)62)68-44-66(46(5)6)60-37-39-63-67(43-65(45(3)4)59-38-40-64(68)72(60)71(59)63)77(73-47(7)21-15-22-48(73)8)53-27-17-25-51(41-53)55-31-19-33-61-57-29-11-13-35-69(57)79-75(55)61/h11-46H,9-10H2,1-8H3. The van der Waals surface area contributed by atoms with E-state index in [1.165, 1.54) is 82.8 Å². The van der Waals surface area contributed by atoms with Crippen LogP contribution in [0.2, 0.25) is 0 Å². The molecule has 14 aromatic rings. The molecule has 0 aliphatic rings. The van der Waals surface area contributed by atoms with Gasteiger partial charge in [0, 0.05) is 54.8 Å². The first-order valence-electron chi connectivity index (χ1n) is 28.7. The quantitative estimate of drug-likeness (QED) is 0.114. The number of nitrogens with zero attached hydrogens (tertiary/aromatic N) is 2. The minimum absolute atomic E-state index is 0.234. The van der Waals surface area contributed by atoms with Crippen molar-refractivity contribution < 1.29 is 8.83 Å². The highest BCUT2D eigenvalue weighted by Crippen LogP contribution is 2.53. The lowest BCUT2D eigenvalue weighted by Crippen LogP contribution is -2.16. The molecule has 0 N–H and O–H groups in total. The Morgan fingerprint density at radius 2 is 0.762 bits per heavy atom. The van der Waals surface area contributed by atoms with Gasteiger partial charge in [-0.25, -0.2) is 0 Å². The Balaban J connectivity index is 1.05. The molecule has 12 aromatic carbocycles. The number of hydrogen-bond acceptors (Lipinski definition) is 4. The zero-order chi connectivity index (χ0) is 54.5. The minimum Gasteiger partial charge on any atom is -0.455 e. The van der Waals surface area contributed by atoms with Crippen molar-refractivity contribution in [3.8, 4) is 22.3 Å². The Bertz CT molecular complexity index is 4700. The van der Waals surface area contributed by atoms with Crippen molar-refractivity contribution in [3.63, 3.8) is 0 Å². The number of para-hydroxylation sites is 6. The maximum atomic E-state index is 6.70. The molecule has 0 amide bonds. The summed E-state index contributed by atoms with van der Waals surface area (Å²) in [6.45, 7) is 18.5. The Hall–Kier alpha value is -9.12. The Labute approximate surface area is 468 Å². The summed E-state index contributed by atoms with van der Waals surface area (Å²) < 4.78 is 13.4. The first kappa shape index (κ1) is 49.2. The van der Waals surface area contributed by atoms with Crippen molar-refractivity contribution in [1.82, 2.24) is 0 Å². The van der Waals surface area contributed by atoms with Gasteiger partial charge in [-0.2, -0.15) is 0 Å². The molecular weight excluding hydrogens is 973 g/mol. The molecular formula is C76H64N2O2. The van der Waals surface area contributed by atoms with Crippen LogP contribution in [-0.4, -0.2) is 0 Å². The third-order valence-corrected chi connectivity index (χ3v) is 17.1. The van der Waals surface area contributed by atoms with Crippen LogP contribution in [0.3, 0.4) is 0 Å². The van der Waals surface area contributed by atoms with Gasteiger partial charge >= 0.3 is 0 Å². The molecule has 4 nitrogen and oxygen atoms in total. The first-order chi connectivity index (χ1) is 39.1. The summed E-state index contributed by atoms with van der Waals surface area (Å²) >= 11 is 0. The second-order valence-electron chi connectivity index (χ2n) is 22.6. The van der Waals surface area contributed by atoms with E-state index in [4.69, 9.17) is 8.83 Å².